The van der Waals surface area contributed by atoms with Crippen molar-refractivity contribution in [3.63, 3.8) is 0 Å². The molecule has 1 spiro atoms. The number of aliphatic hydroxyl groups is 2. The van der Waals surface area contributed by atoms with Gasteiger partial charge in [0, 0.05) is 19.3 Å². The lowest BCUT2D eigenvalue weighted by molar-refractivity contribution is -0.186. The molecule has 0 aromatic rings. The van der Waals surface area contributed by atoms with Gasteiger partial charge in [-0.1, -0.05) is 27.7 Å². The topological polar surface area (TPSA) is 66.8 Å². The summed E-state index contributed by atoms with van der Waals surface area (Å²) in [5.41, 5.74) is 1.73. The molecule has 4 heteroatoms. The quantitative estimate of drug-likeness (QED) is 0.291. The van der Waals surface area contributed by atoms with Crippen molar-refractivity contribution in [3.05, 3.63) is 11.3 Å². The van der Waals surface area contributed by atoms with Crippen LogP contribution in [-0.4, -0.2) is 33.8 Å². The molecule has 4 nitrogen and oxygen atoms in total. The van der Waals surface area contributed by atoms with E-state index in [4.69, 9.17) is 4.74 Å². The molecule has 0 bridgehead atoms. The maximum Gasteiger partial charge on any atom is 0.176 e. The van der Waals surface area contributed by atoms with E-state index in [1.807, 2.05) is 0 Å². The Hall–Kier alpha value is -0.870. The summed E-state index contributed by atoms with van der Waals surface area (Å²) in [5, 5.41) is 21.9. The molecule has 2 N–H and O–H groups in total. The van der Waals surface area contributed by atoms with Crippen molar-refractivity contribution < 1.29 is 19.7 Å². The third kappa shape index (κ3) is 3.63. The van der Waals surface area contributed by atoms with Crippen LogP contribution in [0.2, 0.25) is 0 Å². The minimum atomic E-state index is -0.598. The maximum absolute atomic E-state index is 14.2. The molecule has 7 saturated carbocycles. The Bertz CT molecular complexity index is 1270. The van der Waals surface area contributed by atoms with Crippen LogP contribution in [0.3, 0.4) is 0 Å². The lowest BCUT2D eigenvalue weighted by atomic mass is 9.43. The van der Waals surface area contributed by atoms with E-state index >= 15 is 0 Å². The highest BCUT2D eigenvalue weighted by Gasteiger charge is 2.66. The Labute approximate surface area is 266 Å². The Kier molecular flexibility index (Phi) is 6.25. The molecule has 9 rings (SSSR count). The van der Waals surface area contributed by atoms with E-state index in [9.17, 15) is 15.0 Å². The number of rotatable bonds is 0. The molecule has 0 aromatic heterocycles. The molecule has 0 unspecified atom stereocenters. The smallest absolute Gasteiger partial charge is 0.176 e. The Balaban J connectivity index is 0.976. The number of hydrogen-bond donors (Lipinski definition) is 2. The third-order valence-electron chi connectivity index (χ3n) is 18.2. The molecule has 44 heavy (non-hydrogen) atoms. The van der Waals surface area contributed by atoms with Crippen molar-refractivity contribution in [3.8, 4) is 0 Å². The number of aliphatic hydroxyl groups excluding tert-OH is 2. The molecule has 7 fully saturated rings. The first-order valence-electron chi connectivity index (χ1n) is 19.2. The van der Waals surface area contributed by atoms with E-state index in [-0.39, 0.29) is 28.5 Å². The summed E-state index contributed by atoms with van der Waals surface area (Å²) >= 11 is 0. The van der Waals surface area contributed by atoms with Gasteiger partial charge >= 0.3 is 0 Å². The first-order valence-corrected chi connectivity index (χ1v) is 19.2. The van der Waals surface area contributed by atoms with Gasteiger partial charge in [0.15, 0.2) is 11.4 Å². The lowest BCUT2D eigenvalue weighted by Crippen LogP contribution is -2.61. The van der Waals surface area contributed by atoms with Gasteiger partial charge < -0.3 is 14.9 Å². The van der Waals surface area contributed by atoms with Crippen molar-refractivity contribution in [2.24, 2.45) is 69.0 Å². The minimum Gasteiger partial charge on any atom is -0.484 e. The van der Waals surface area contributed by atoms with Crippen molar-refractivity contribution in [2.75, 3.05) is 0 Å². The zero-order chi connectivity index (χ0) is 30.4. The van der Waals surface area contributed by atoms with E-state index in [0.29, 0.717) is 46.7 Å². The van der Waals surface area contributed by atoms with Gasteiger partial charge in [-0.3, -0.25) is 4.79 Å². The zero-order valence-electron chi connectivity index (χ0n) is 28.2. The highest BCUT2D eigenvalue weighted by molar-refractivity contribution is 5.89. The molecule has 8 aliphatic carbocycles. The third-order valence-corrected chi connectivity index (χ3v) is 18.2. The van der Waals surface area contributed by atoms with Gasteiger partial charge in [0.25, 0.3) is 0 Å². The van der Waals surface area contributed by atoms with Crippen LogP contribution in [0.4, 0.5) is 0 Å². The standard InChI is InChI=1S/C40H60O4/c1-36-16-14-30-26(28(36)9-11-33(36)41)7-5-24-19-32-23(21-38(24,30)3)13-18-40(44-32)22-39(4)25(20-35(40)43)6-8-27-29-10-12-34(42)37(29,2)17-15-31(27)39/h24-31,33-34,41-42H,5-22H2,1-4H3/t24-,25+,26-,27+,28-,29+,30-,31+,33+,34-,36-,37-,38-,39-,40-/m0/s1. The van der Waals surface area contributed by atoms with E-state index in [0.717, 1.165) is 63.2 Å². The summed E-state index contributed by atoms with van der Waals surface area (Å²) in [6.07, 6.45) is 19.9. The summed E-state index contributed by atoms with van der Waals surface area (Å²) < 4.78 is 7.24. The second kappa shape index (κ2) is 9.39. The van der Waals surface area contributed by atoms with E-state index < -0.39 is 5.60 Å². The van der Waals surface area contributed by atoms with E-state index in [1.165, 1.54) is 70.0 Å². The van der Waals surface area contributed by atoms with Crippen LogP contribution in [-0.2, 0) is 9.53 Å². The predicted octanol–water partition coefficient (Wildman–Crippen LogP) is 8.39. The summed E-state index contributed by atoms with van der Waals surface area (Å²) in [4.78, 5) is 14.2. The SMILES string of the molecule is C[C@]12C[C@@]3(CCC4=C(C[C@@H]5CC[C@@H]6[C@H](CC[C@]7(C)[C@H](O)CC[C@@H]67)[C@@]5(C)C4)O3)C(=O)C[C@H]1CC[C@H]1[C@H]2CC[C@@]2(C)[C@@H]1CC[C@@H]2O. The van der Waals surface area contributed by atoms with Crippen LogP contribution in [0.25, 0.3) is 0 Å². The van der Waals surface area contributed by atoms with Gasteiger partial charge in [-0.2, -0.15) is 0 Å². The number of hydrogen-bond acceptors (Lipinski definition) is 4. The van der Waals surface area contributed by atoms with Crippen LogP contribution in [0.15, 0.2) is 11.3 Å². The second-order valence-corrected chi connectivity index (χ2v) is 19.4. The normalized spacial score (nSPS) is 59.5. The maximum atomic E-state index is 14.2. The highest BCUT2D eigenvalue weighted by Crippen LogP contribution is 2.70. The van der Waals surface area contributed by atoms with Gasteiger partial charge in [0.2, 0.25) is 0 Å². The Morgan fingerprint density at radius 2 is 1.16 bits per heavy atom. The highest BCUT2D eigenvalue weighted by atomic mass is 16.5. The summed E-state index contributed by atoms with van der Waals surface area (Å²) in [7, 11) is 0. The van der Waals surface area contributed by atoms with Gasteiger partial charge in [-0.15, -0.1) is 0 Å². The first kappa shape index (κ1) is 29.3. The fourth-order valence-electron chi connectivity index (χ4n) is 15.6. The average Bonchev–Trinajstić information content (AvgIpc) is 3.47. The fourth-order valence-corrected chi connectivity index (χ4v) is 15.6. The van der Waals surface area contributed by atoms with Crippen molar-refractivity contribution in [1.82, 2.24) is 0 Å². The van der Waals surface area contributed by atoms with E-state index in [2.05, 4.69) is 27.7 Å². The molecule has 0 radical (unpaired) electrons. The number of fused-ring (bicyclic) bond motifs is 10. The van der Waals surface area contributed by atoms with Gasteiger partial charge in [-0.25, -0.2) is 0 Å². The summed E-state index contributed by atoms with van der Waals surface area (Å²) in [5.74, 6) is 7.12. The second-order valence-electron chi connectivity index (χ2n) is 19.4. The van der Waals surface area contributed by atoms with E-state index in [1.54, 1.807) is 5.57 Å². The number of allylic oxidation sites excluding steroid dienone is 2. The van der Waals surface area contributed by atoms with Crippen LogP contribution in [0, 0.1) is 69.0 Å². The average molecular weight is 605 g/mol. The molecule has 0 aromatic carbocycles. The molecular weight excluding hydrogens is 544 g/mol. The summed E-state index contributed by atoms with van der Waals surface area (Å²) in [6, 6.07) is 0. The minimum absolute atomic E-state index is 0.0978. The first-order chi connectivity index (χ1) is 20.9. The van der Waals surface area contributed by atoms with Gasteiger partial charge in [0.05, 0.1) is 18.0 Å². The van der Waals surface area contributed by atoms with Crippen LogP contribution in [0.5, 0.6) is 0 Å². The number of carbonyl (C=O) groups excluding carboxylic acids is 1. The van der Waals surface area contributed by atoms with Crippen LogP contribution >= 0.6 is 0 Å². The van der Waals surface area contributed by atoms with Gasteiger partial charge in [-0.05, 0) is 171 Å². The lowest BCUT2D eigenvalue weighted by Gasteiger charge is -2.63. The summed E-state index contributed by atoms with van der Waals surface area (Å²) in [6.45, 7) is 9.99. The van der Waals surface area contributed by atoms with Crippen LogP contribution < -0.4 is 0 Å². The molecule has 244 valence electrons. The molecule has 15 atom stereocenters. The van der Waals surface area contributed by atoms with Gasteiger partial charge in [0.1, 0.15) is 0 Å². The number of ether oxygens (including phenoxy) is 1. The molecule has 0 amide bonds. The number of Topliss-reactive ketones (excluding diaryl/α,β-unsaturated/α-hetero) is 1. The fraction of sp³-hybridized carbons (Fsp3) is 0.925. The molecular formula is C40H60O4. The van der Waals surface area contributed by atoms with Crippen molar-refractivity contribution >= 4 is 5.78 Å². The molecule has 0 saturated heterocycles. The zero-order valence-corrected chi connectivity index (χ0v) is 28.2. The molecule has 1 aliphatic heterocycles. The van der Waals surface area contributed by atoms with Crippen molar-refractivity contribution in [1.29, 1.82) is 0 Å². The Morgan fingerprint density at radius 1 is 0.614 bits per heavy atom. The number of ketones is 1. The van der Waals surface area contributed by atoms with Crippen LogP contribution in [0.1, 0.15) is 143 Å². The molecule has 9 aliphatic rings. The predicted molar refractivity (Wildman–Crippen MR) is 171 cm³/mol. The largest absolute Gasteiger partial charge is 0.484 e. The molecule has 1 heterocycles. The monoisotopic (exact) mass is 604 g/mol. The Morgan fingerprint density at radius 3 is 1.77 bits per heavy atom. The number of carbonyl (C=O) groups is 1. The van der Waals surface area contributed by atoms with Crippen molar-refractivity contribution in [2.45, 2.75) is 161 Å².